The lowest BCUT2D eigenvalue weighted by molar-refractivity contribution is -0.308. The van der Waals surface area contributed by atoms with Gasteiger partial charge in [0.2, 0.25) is 0 Å². The third-order valence-corrected chi connectivity index (χ3v) is 7.50. The van der Waals surface area contributed by atoms with E-state index in [9.17, 15) is 28.8 Å². The summed E-state index contributed by atoms with van der Waals surface area (Å²) in [6, 6.07) is 14.1. The van der Waals surface area contributed by atoms with Gasteiger partial charge < -0.3 is 43.2 Å². The number of esters is 5. The number of benzene rings is 2. The third kappa shape index (κ3) is 8.86. The second-order valence-electron chi connectivity index (χ2n) is 10.9. The smallest absolute Gasteiger partial charge is 0.407 e. The number of ether oxygens (including phenoxy) is 8. The Morgan fingerprint density at radius 1 is 0.708 bits per heavy atom. The zero-order valence-corrected chi connectivity index (χ0v) is 27.0. The van der Waals surface area contributed by atoms with E-state index in [0.717, 1.165) is 57.1 Å². The van der Waals surface area contributed by atoms with Crippen LogP contribution in [0.3, 0.4) is 0 Å². The van der Waals surface area contributed by atoms with Crippen molar-refractivity contribution in [1.82, 2.24) is 5.32 Å². The molecule has 6 atom stereocenters. The van der Waals surface area contributed by atoms with E-state index in [2.05, 4.69) is 5.32 Å². The Morgan fingerprint density at radius 3 is 1.79 bits per heavy atom. The number of methoxy groups -OCH3 is 1. The molecule has 1 heterocycles. The molecule has 4 rings (SSSR count). The van der Waals surface area contributed by atoms with Gasteiger partial charge in [-0.1, -0.05) is 48.5 Å². The van der Waals surface area contributed by atoms with Crippen molar-refractivity contribution < 1.29 is 66.7 Å². The molecule has 0 unspecified atom stereocenters. The molecule has 1 amide bonds. The Bertz CT molecular complexity index is 1480. The van der Waals surface area contributed by atoms with Gasteiger partial charge in [0, 0.05) is 33.6 Å². The number of carbonyl (C=O) groups excluding carboxylic acids is 6. The molecule has 15 nitrogen and oxygen atoms in total. The van der Waals surface area contributed by atoms with Crippen LogP contribution in [0.15, 0.2) is 48.5 Å². The molecule has 2 aromatic rings. The lowest BCUT2D eigenvalue weighted by Gasteiger charge is -2.44. The van der Waals surface area contributed by atoms with E-state index in [1.165, 1.54) is 0 Å². The highest BCUT2D eigenvalue weighted by molar-refractivity contribution is 5.82. The first-order valence-electron chi connectivity index (χ1n) is 15.0. The number of alkyl carbamates (subject to hydrolysis) is 1. The number of fused-ring (bicyclic) bond motifs is 3. The predicted molar refractivity (Wildman–Crippen MR) is 162 cm³/mol. The van der Waals surface area contributed by atoms with E-state index >= 15 is 0 Å². The van der Waals surface area contributed by atoms with Gasteiger partial charge in [-0.3, -0.25) is 19.2 Å². The number of nitrogens with one attached hydrogen (secondary N) is 1. The van der Waals surface area contributed by atoms with Gasteiger partial charge in [-0.25, -0.2) is 9.59 Å². The van der Waals surface area contributed by atoms with Gasteiger partial charge in [0.1, 0.15) is 19.3 Å². The monoisotopic (exact) mass is 671 g/mol. The minimum atomic E-state index is -1.58. The summed E-state index contributed by atoms with van der Waals surface area (Å²) in [5.41, 5.74) is 4.05. The fraction of sp³-hybridized carbons (Fsp3) is 0.455. The fourth-order valence-electron chi connectivity index (χ4n) is 5.61. The van der Waals surface area contributed by atoms with Crippen molar-refractivity contribution in [3.63, 3.8) is 0 Å². The van der Waals surface area contributed by atoms with Crippen molar-refractivity contribution in [1.29, 1.82) is 0 Å². The average Bonchev–Trinajstić information content (AvgIpc) is 3.36. The molecule has 15 heteroatoms. The summed E-state index contributed by atoms with van der Waals surface area (Å²) in [7, 11) is 1.10. The first-order chi connectivity index (χ1) is 22.9. The molecule has 0 saturated carbocycles. The topological polar surface area (TPSA) is 188 Å². The molecule has 2 aromatic carbocycles. The maximum absolute atomic E-state index is 13.0. The van der Waals surface area contributed by atoms with Crippen LogP contribution >= 0.6 is 0 Å². The largest absolute Gasteiger partial charge is 0.467 e. The van der Waals surface area contributed by atoms with Crippen molar-refractivity contribution in [2.75, 3.05) is 26.9 Å². The molecule has 258 valence electrons. The van der Waals surface area contributed by atoms with E-state index in [4.69, 9.17) is 37.9 Å². The molecule has 1 aliphatic carbocycles. The summed E-state index contributed by atoms with van der Waals surface area (Å²) < 4.78 is 43.2. The van der Waals surface area contributed by atoms with Gasteiger partial charge >= 0.3 is 35.9 Å². The Balaban J connectivity index is 1.50. The molecule has 0 bridgehead atoms. The predicted octanol–water partition coefficient (Wildman–Crippen LogP) is 2.17. The molecule has 0 spiro atoms. The van der Waals surface area contributed by atoms with Gasteiger partial charge in [-0.2, -0.15) is 0 Å². The summed E-state index contributed by atoms with van der Waals surface area (Å²) in [6.07, 6.45) is -8.21. The van der Waals surface area contributed by atoms with Crippen LogP contribution in [0.2, 0.25) is 0 Å². The fourth-order valence-corrected chi connectivity index (χ4v) is 5.61. The molecular weight excluding hydrogens is 634 g/mol. The van der Waals surface area contributed by atoms with Crippen LogP contribution in [0.25, 0.3) is 11.1 Å². The minimum absolute atomic E-state index is 0.0334. The molecule has 0 radical (unpaired) electrons. The van der Waals surface area contributed by atoms with Gasteiger partial charge in [0.25, 0.3) is 0 Å². The molecule has 48 heavy (non-hydrogen) atoms. The Hall–Kier alpha value is -5.02. The molecule has 1 saturated heterocycles. The highest BCUT2D eigenvalue weighted by atomic mass is 16.7. The maximum atomic E-state index is 13.0. The van der Waals surface area contributed by atoms with E-state index in [1.54, 1.807) is 0 Å². The average molecular weight is 672 g/mol. The van der Waals surface area contributed by atoms with Crippen molar-refractivity contribution >= 4 is 35.9 Å². The SMILES string of the molecule is COC(=O)[C@H](CO[C@H]1O[C@H](COC(C)=O)[C@@H](OC(C)=O)[C@H](OC(C)=O)[C@@H]1OC(C)=O)NC(=O)OCC1c2ccccc2-c2ccccc21. The minimum Gasteiger partial charge on any atom is -0.467 e. The van der Waals surface area contributed by atoms with Crippen LogP contribution in [-0.4, -0.2) is 99.6 Å². The van der Waals surface area contributed by atoms with Crippen molar-refractivity contribution in [2.24, 2.45) is 0 Å². The molecule has 1 aliphatic heterocycles. The van der Waals surface area contributed by atoms with Crippen LogP contribution in [0.5, 0.6) is 0 Å². The summed E-state index contributed by atoms with van der Waals surface area (Å²) in [6.45, 7) is 3.26. The summed E-state index contributed by atoms with van der Waals surface area (Å²) in [5, 5.41) is 2.42. The van der Waals surface area contributed by atoms with Crippen LogP contribution in [0.4, 0.5) is 4.79 Å². The van der Waals surface area contributed by atoms with E-state index in [-0.39, 0.29) is 12.5 Å². The summed E-state index contributed by atoms with van der Waals surface area (Å²) in [5.74, 6) is -4.31. The highest BCUT2D eigenvalue weighted by Gasteiger charge is 2.53. The third-order valence-electron chi connectivity index (χ3n) is 7.50. The Morgan fingerprint density at radius 2 is 1.25 bits per heavy atom. The normalized spacial score (nSPS) is 21.8. The molecule has 2 aliphatic rings. The van der Waals surface area contributed by atoms with Crippen molar-refractivity contribution in [3.05, 3.63) is 59.7 Å². The maximum Gasteiger partial charge on any atom is 0.407 e. The summed E-state index contributed by atoms with van der Waals surface area (Å²) in [4.78, 5) is 73.4. The number of hydrogen-bond acceptors (Lipinski definition) is 14. The van der Waals surface area contributed by atoms with E-state index in [1.807, 2.05) is 48.5 Å². The zero-order valence-electron chi connectivity index (χ0n) is 27.0. The van der Waals surface area contributed by atoms with Crippen molar-refractivity contribution in [3.8, 4) is 11.1 Å². The zero-order chi connectivity index (χ0) is 35.0. The Kier molecular flexibility index (Phi) is 12.1. The van der Waals surface area contributed by atoms with Crippen LogP contribution in [-0.2, 0) is 61.9 Å². The molecule has 0 aromatic heterocycles. The van der Waals surface area contributed by atoms with Gasteiger partial charge in [-0.05, 0) is 22.3 Å². The molecular formula is C33H37NO14. The lowest BCUT2D eigenvalue weighted by atomic mass is 9.98. The lowest BCUT2D eigenvalue weighted by Crippen LogP contribution is -2.63. The Labute approximate surface area is 276 Å². The number of amides is 1. The van der Waals surface area contributed by atoms with Crippen molar-refractivity contribution in [2.45, 2.75) is 70.4 Å². The number of carbonyl (C=O) groups is 6. The number of rotatable bonds is 12. The van der Waals surface area contributed by atoms with E-state index < -0.39 is 85.9 Å². The molecule has 1 fully saturated rings. The summed E-state index contributed by atoms with van der Waals surface area (Å²) >= 11 is 0. The number of hydrogen-bond donors (Lipinski definition) is 1. The quantitative estimate of drug-likeness (QED) is 0.255. The van der Waals surface area contributed by atoms with E-state index in [0.29, 0.717) is 0 Å². The second-order valence-corrected chi connectivity index (χ2v) is 10.9. The second kappa shape index (κ2) is 16.2. The molecule has 1 N–H and O–H groups in total. The highest BCUT2D eigenvalue weighted by Crippen LogP contribution is 2.44. The first-order valence-corrected chi connectivity index (χ1v) is 15.0. The van der Waals surface area contributed by atoms with Crippen LogP contribution in [0.1, 0.15) is 44.7 Å². The van der Waals surface area contributed by atoms with Gasteiger partial charge in [0.15, 0.2) is 30.6 Å². The van der Waals surface area contributed by atoms with Crippen LogP contribution in [0, 0.1) is 0 Å². The van der Waals surface area contributed by atoms with Gasteiger partial charge in [-0.15, -0.1) is 0 Å². The standard InChI is InChI=1S/C33H37NO14/c1-17(35)42-16-27-28(45-18(2)36)29(46-19(3)37)30(47-20(4)38)32(48-27)43-15-26(31(39)41-5)34-33(40)44-14-25-23-12-8-6-10-21(23)22-11-7-9-13-24(22)25/h6-13,25-30,32H,14-16H2,1-5H3,(H,34,40)/t26-,27+,28+,29-,30-,32-/m0/s1. The van der Waals surface area contributed by atoms with Gasteiger partial charge in [0.05, 0.1) is 13.7 Å². The first kappa shape index (κ1) is 35.8. The van der Waals surface area contributed by atoms with Crippen LogP contribution < -0.4 is 5.32 Å².